The molecule has 0 aromatic heterocycles. The number of benzene rings is 1. The maximum atomic E-state index is 12.1. The third kappa shape index (κ3) is 3.47. The van der Waals surface area contributed by atoms with Crippen LogP contribution in [0.5, 0.6) is 5.75 Å². The van der Waals surface area contributed by atoms with Crippen molar-refractivity contribution in [1.29, 1.82) is 0 Å². The molecule has 2 rings (SSSR count). The molecule has 1 aromatic carbocycles. The zero-order chi connectivity index (χ0) is 13.7. The van der Waals surface area contributed by atoms with Gasteiger partial charge < -0.3 is 15.4 Å². The summed E-state index contributed by atoms with van der Waals surface area (Å²) in [5, 5.41) is 6.27. The molecular weight excluding hydrogens is 240 g/mol. The molecule has 1 amide bonds. The van der Waals surface area contributed by atoms with Crippen LogP contribution in [0, 0.1) is 0 Å². The van der Waals surface area contributed by atoms with E-state index in [0.29, 0.717) is 6.61 Å². The third-order valence-electron chi connectivity index (χ3n) is 3.42. The summed E-state index contributed by atoms with van der Waals surface area (Å²) < 4.78 is 5.60. The average Bonchev–Trinajstić information content (AvgIpc) is 2.93. The van der Waals surface area contributed by atoms with Crippen LogP contribution < -0.4 is 15.4 Å². The van der Waals surface area contributed by atoms with Gasteiger partial charge in [-0.3, -0.25) is 4.79 Å². The van der Waals surface area contributed by atoms with Crippen molar-refractivity contribution >= 4 is 5.91 Å². The molecule has 1 heterocycles. The average molecular weight is 262 g/mol. The van der Waals surface area contributed by atoms with Gasteiger partial charge in [0.05, 0.1) is 18.7 Å². The van der Waals surface area contributed by atoms with Crippen molar-refractivity contribution in [3.8, 4) is 5.75 Å². The lowest BCUT2D eigenvalue weighted by atomic mass is 10.1. The quantitative estimate of drug-likeness (QED) is 0.853. The van der Waals surface area contributed by atoms with Crippen LogP contribution in [0.3, 0.4) is 0 Å². The number of carbonyl (C=O) groups is 1. The van der Waals surface area contributed by atoms with Gasteiger partial charge >= 0.3 is 0 Å². The van der Waals surface area contributed by atoms with Crippen LogP contribution >= 0.6 is 0 Å². The van der Waals surface area contributed by atoms with E-state index in [1.165, 1.54) is 0 Å². The van der Waals surface area contributed by atoms with Crippen molar-refractivity contribution in [2.45, 2.75) is 38.8 Å². The highest BCUT2D eigenvalue weighted by molar-refractivity contribution is 5.82. The van der Waals surface area contributed by atoms with Gasteiger partial charge in [-0.2, -0.15) is 0 Å². The summed E-state index contributed by atoms with van der Waals surface area (Å²) in [6.07, 6.45) is 1.99. The Kier molecular flexibility index (Phi) is 4.80. The van der Waals surface area contributed by atoms with Crippen molar-refractivity contribution in [2.75, 3.05) is 13.2 Å². The van der Waals surface area contributed by atoms with Gasteiger partial charge in [0.15, 0.2) is 0 Å². The predicted octanol–water partition coefficient (Wildman–Crippen LogP) is 2.01. The first kappa shape index (κ1) is 13.9. The van der Waals surface area contributed by atoms with E-state index in [2.05, 4.69) is 10.6 Å². The number of hydrogen-bond donors (Lipinski definition) is 2. The Balaban J connectivity index is 2.02. The highest BCUT2D eigenvalue weighted by atomic mass is 16.5. The van der Waals surface area contributed by atoms with Gasteiger partial charge in [-0.15, -0.1) is 0 Å². The fourth-order valence-electron chi connectivity index (χ4n) is 2.43. The number of amides is 1. The Bertz CT molecular complexity index is 428. The van der Waals surface area contributed by atoms with Crippen LogP contribution in [0.4, 0.5) is 0 Å². The van der Waals surface area contributed by atoms with E-state index < -0.39 is 0 Å². The van der Waals surface area contributed by atoms with Gasteiger partial charge in [-0.1, -0.05) is 18.2 Å². The van der Waals surface area contributed by atoms with Crippen LogP contribution in [-0.4, -0.2) is 25.1 Å². The summed E-state index contributed by atoms with van der Waals surface area (Å²) in [7, 11) is 0. The minimum absolute atomic E-state index is 0.0401. The van der Waals surface area contributed by atoms with E-state index >= 15 is 0 Å². The molecule has 19 heavy (non-hydrogen) atoms. The predicted molar refractivity (Wildman–Crippen MR) is 75.2 cm³/mol. The molecule has 1 fully saturated rings. The van der Waals surface area contributed by atoms with E-state index in [9.17, 15) is 4.79 Å². The molecule has 1 aromatic rings. The summed E-state index contributed by atoms with van der Waals surface area (Å²) in [5.41, 5.74) is 1.02. The molecular formula is C15H22N2O2. The van der Waals surface area contributed by atoms with Gasteiger partial charge in [-0.05, 0) is 39.3 Å². The summed E-state index contributed by atoms with van der Waals surface area (Å²) in [4.78, 5) is 12.1. The molecule has 4 nitrogen and oxygen atoms in total. The van der Waals surface area contributed by atoms with Gasteiger partial charge in [0, 0.05) is 5.56 Å². The number of nitrogens with one attached hydrogen (secondary N) is 2. The zero-order valence-electron chi connectivity index (χ0n) is 11.6. The smallest absolute Gasteiger partial charge is 0.237 e. The molecule has 104 valence electrons. The topological polar surface area (TPSA) is 50.4 Å². The Morgan fingerprint density at radius 1 is 1.53 bits per heavy atom. The minimum atomic E-state index is -0.0438. The lowest BCUT2D eigenvalue weighted by Gasteiger charge is -2.20. The number of ether oxygens (including phenoxy) is 1. The van der Waals surface area contributed by atoms with E-state index in [1.54, 1.807) is 0 Å². The third-order valence-corrected chi connectivity index (χ3v) is 3.42. The van der Waals surface area contributed by atoms with Crippen molar-refractivity contribution in [3.63, 3.8) is 0 Å². The van der Waals surface area contributed by atoms with Crippen molar-refractivity contribution in [2.24, 2.45) is 0 Å². The fraction of sp³-hybridized carbons (Fsp3) is 0.533. The molecule has 0 saturated carbocycles. The molecule has 2 unspecified atom stereocenters. The largest absolute Gasteiger partial charge is 0.494 e. The Morgan fingerprint density at radius 2 is 2.32 bits per heavy atom. The molecule has 2 N–H and O–H groups in total. The van der Waals surface area contributed by atoms with Gasteiger partial charge in [0.1, 0.15) is 5.75 Å². The van der Waals surface area contributed by atoms with Gasteiger partial charge in [0.2, 0.25) is 5.91 Å². The highest BCUT2D eigenvalue weighted by Gasteiger charge is 2.24. The van der Waals surface area contributed by atoms with Gasteiger partial charge in [-0.25, -0.2) is 0 Å². The Hall–Kier alpha value is -1.55. The maximum Gasteiger partial charge on any atom is 0.237 e. The summed E-state index contributed by atoms with van der Waals surface area (Å²) in [6.45, 7) is 5.51. The number of hydrogen-bond acceptors (Lipinski definition) is 3. The number of carbonyl (C=O) groups excluding carboxylic acids is 1. The molecule has 0 radical (unpaired) electrons. The first-order chi connectivity index (χ1) is 9.22. The Morgan fingerprint density at radius 3 is 3.00 bits per heavy atom. The van der Waals surface area contributed by atoms with E-state index in [4.69, 9.17) is 4.74 Å². The maximum absolute atomic E-state index is 12.1. The zero-order valence-corrected chi connectivity index (χ0v) is 11.6. The lowest BCUT2D eigenvalue weighted by Crippen LogP contribution is -2.41. The molecule has 1 saturated heterocycles. The number of para-hydroxylation sites is 1. The first-order valence-corrected chi connectivity index (χ1v) is 6.98. The molecule has 0 spiro atoms. The number of rotatable bonds is 5. The monoisotopic (exact) mass is 262 g/mol. The molecule has 4 heteroatoms. The van der Waals surface area contributed by atoms with E-state index in [1.807, 2.05) is 38.1 Å². The second-order valence-electron chi connectivity index (χ2n) is 4.85. The normalized spacial score (nSPS) is 20.0. The van der Waals surface area contributed by atoms with Crippen molar-refractivity contribution in [1.82, 2.24) is 10.6 Å². The van der Waals surface area contributed by atoms with E-state index in [0.717, 1.165) is 30.7 Å². The molecule has 0 bridgehead atoms. The summed E-state index contributed by atoms with van der Waals surface area (Å²) in [5.74, 6) is 0.925. The summed E-state index contributed by atoms with van der Waals surface area (Å²) >= 11 is 0. The molecule has 0 aliphatic carbocycles. The standard InChI is InChI=1S/C15H22N2O2/c1-3-19-14-9-5-4-7-12(14)11(2)17-15(18)13-8-6-10-16-13/h4-5,7,9,11,13,16H,3,6,8,10H2,1-2H3,(H,17,18). The van der Waals surface area contributed by atoms with Crippen LogP contribution in [0.1, 0.15) is 38.3 Å². The van der Waals surface area contributed by atoms with E-state index in [-0.39, 0.29) is 18.0 Å². The minimum Gasteiger partial charge on any atom is -0.494 e. The molecule has 1 aliphatic heterocycles. The Labute approximate surface area is 114 Å². The second kappa shape index (κ2) is 6.57. The fourth-order valence-corrected chi connectivity index (χ4v) is 2.43. The van der Waals surface area contributed by atoms with Crippen molar-refractivity contribution in [3.05, 3.63) is 29.8 Å². The summed E-state index contributed by atoms with van der Waals surface area (Å²) in [6, 6.07) is 7.77. The SMILES string of the molecule is CCOc1ccccc1C(C)NC(=O)C1CCCN1. The highest BCUT2D eigenvalue weighted by Crippen LogP contribution is 2.25. The van der Waals surface area contributed by atoms with Crippen LogP contribution in [0.25, 0.3) is 0 Å². The van der Waals surface area contributed by atoms with Gasteiger partial charge in [0.25, 0.3) is 0 Å². The van der Waals surface area contributed by atoms with Crippen LogP contribution in [-0.2, 0) is 4.79 Å². The second-order valence-corrected chi connectivity index (χ2v) is 4.85. The lowest BCUT2D eigenvalue weighted by molar-refractivity contribution is -0.123. The van der Waals surface area contributed by atoms with Crippen molar-refractivity contribution < 1.29 is 9.53 Å². The van der Waals surface area contributed by atoms with Crippen LogP contribution in [0.15, 0.2) is 24.3 Å². The molecule has 2 atom stereocenters. The van der Waals surface area contributed by atoms with Crippen LogP contribution in [0.2, 0.25) is 0 Å². The first-order valence-electron chi connectivity index (χ1n) is 6.98. The molecule has 1 aliphatic rings.